The Hall–Kier alpha value is -0.978. The molecule has 1 aliphatic rings. The van der Waals surface area contributed by atoms with Gasteiger partial charge in [0, 0.05) is 24.3 Å². The Balaban J connectivity index is 0.000000647. The van der Waals surface area contributed by atoms with Crippen LogP contribution >= 0.6 is 19.1 Å². The van der Waals surface area contributed by atoms with Crippen molar-refractivity contribution in [3.8, 4) is 0 Å². The molecule has 2 aromatic rings. The Morgan fingerprint density at radius 3 is 1.50 bits per heavy atom. The molecule has 1 fully saturated rings. The van der Waals surface area contributed by atoms with E-state index in [0.717, 1.165) is 11.4 Å². The predicted molar refractivity (Wildman–Crippen MR) is 102 cm³/mol. The minimum absolute atomic E-state index is 0.106. The molecule has 2 unspecified atom stereocenters. The summed E-state index contributed by atoms with van der Waals surface area (Å²) in [6, 6.07) is 20.3. The van der Waals surface area contributed by atoms with Crippen LogP contribution in [-0.4, -0.2) is 12.4 Å². The number of benzene rings is 2. The normalized spacial score (nSPS) is 20.4. The third-order valence-electron chi connectivity index (χ3n) is 3.97. The van der Waals surface area contributed by atoms with E-state index in [2.05, 4.69) is 22.4 Å². The summed E-state index contributed by atoms with van der Waals surface area (Å²) >= 11 is -0.106. The summed E-state index contributed by atoms with van der Waals surface area (Å²) in [4.78, 5) is 9.21. The van der Waals surface area contributed by atoms with Crippen LogP contribution in [0.3, 0.4) is 0 Å². The molecule has 0 heterocycles. The van der Waals surface area contributed by atoms with Gasteiger partial charge in [-0.1, -0.05) is 42.8 Å². The van der Waals surface area contributed by atoms with E-state index in [1.165, 1.54) is 19.3 Å². The van der Waals surface area contributed by atoms with Gasteiger partial charge in [0.05, 0.1) is 11.4 Å². The second-order valence-corrected chi connectivity index (χ2v) is 7.89. The quantitative estimate of drug-likeness (QED) is 0.369. The third kappa shape index (κ3) is 6.87. The molecule has 130 valence electrons. The molecule has 0 radical (unpaired) electrons. The van der Waals surface area contributed by atoms with Crippen molar-refractivity contribution in [2.24, 2.45) is 21.8 Å². The van der Waals surface area contributed by atoms with Crippen molar-refractivity contribution in [2.45, 2.75) is 19.3 Å². The zero-order valence-corrected chi connectivity index (χ0v) is 16.2. The van der Waals surface area contributed by atoms with Gasteiger partial charge in [-0.25, -0.2) is 0 Å². The molecule has 5 heteroatoms. The number of nitrogens with zero attached hydrogens (tertiary/aromatic N) is 2. The van der Waals surface area contributed by atoms with Crippen molar-refractivity contribution in [3.05, 3.63) is 60.7 Å². The molecule has 3 rings (SSSR count). The molecular formula is C19H20Cl2N2Pd. The van der Waals surface area contributed by atoms with Crippen LogP contribution in [-0.2, 0) is 15.9 Å². The van der Waals surface area contributed by atoms with Crippen molar-refractivity contribution in [3.63, 3.8) is 0 Å². The standard InChI is InChI=1S/C19H20N2.2ClH.Pd/c1-3-10-18(11-4-1)20-14-16-8-7-9-17(16)15-21-19-12-5-2-6-13-19;;;/h1-6,10-17H,7-9H2;2*1H;/q;;;+2/p-2. The van der Waals surface area contributed by atoms with Crippen LogP contribution < -0.4 is 0 Å². The van der Waals surface area contributed by atoms with Crippen molar-refractivity contribution >= 4 is 42.9 Å². The van der Waals surface area contributed by atoms with Crippen molar-refractivity contribution in [1.82, 2.24) is 0 Å². The summed E-state index contributed by atoms with van der Waals surface area (Å²) in [5.74, 6) is 1.02. The second kappa shape index (κ2) is 11.6. The SMILES string of the molecule is C(=Nc1ccccc1)C1CCCC1C=Nc1ccccc1.[Cl][Pd][Cl]. The molecule has 2 aromatic carbocycles. The molecule has 24 heavy (non-hydrogen) atoms. The first-order valence-electron chi connectivity index (χ1n) is 7.84. The van der Waals surface area contributed by atoms with E-state index in [4.69, 9.17) is 19.1 Å². The van der Waals surface area contributed by atoms with Gasteiger partial charge < -0.3 is 0 Å². The Bertz CT molecular complexity index is 577. The van der Waals surface area contributed by atoms with E-state index in [0.29, 0.717) is 11.8 Å². The fourth-order valence-corrected chi connectivity index (χ4v) is 2.78. The number of halogens is 2. The molecule has 0 bridgehead atoms. The zero-order chi connectivity index (χ0) is 17.0. The summed E-state index contributed by atoms with van der Waals surface area (Å²) in [6.07, 6.45) is 7.91. The summed E-state index contributed by atoms with van der Waals surface area (Å²) in [7, 11) is 9.63. The molecule has 0 amide bonds. The van der Waals surface area contributed by atoms with Gasteiger partial charge in [-0.3, -0.25) is 9.98 Å². The first-order valence-corrected chi connectivity index (χ1v) is 11.8. The van der Waals surface area contributed by atoms with Crippen LogP contribution in [0.2, 0.25) is 0 Å². The predicted octanol–water partition coefficient (Wildman–Crippen LogP) is 6.58. The Morgan fingerprint density at radius 1 is 0.750 bits per heavy atom. The van der Waals surface area contributed by atoms with E-state index in [1.54, 1.807) is 0 Å². The fraction of sp³-hybridized carbons (Fsp3) is 0.263. The van der Waals surface area contributed by atoms with Gasteiger partial charge in [0.25, 0.3) is 0 Å². The summed E-state index contributed by atoms with van der Waals surface area (Å²) in [6.45, 7) is 0. The van der Waals surface area contributed by atoms with E-state index < -0.39 is 0 Å². The summed E-state index contributed by atoms with van der Waals surface area (Å²) in [5, 5.41) is 0. The molecule has 1 saturated carbocycles. The number of hydrogen-bond acceptors (Lipinski definition) is 2. The topological polar surface area (TPSA) is 24.7 Å². The van der Waals surface area contributed by atoms with Crippen molar-refractivity contribution in [2.75, 3.05) is 0 Å². The molecule has 0 aliphatic heterocycles. The average molecular weight is 454 g/mol. The molecule has 1 aliphatic carbocycles. The van der Waals surface area contributed by atoms with E-state index in [-0.39, 0.29) is 15.9 Å². The van der Waals surface area contributed by atoms with Gasteiger partial charge in [-0.05, 0) is 37.1 Å². The Kier molecular flexibility index (Phi) is 9.32. The van der Waals surface area contributed by atoms with Crippen LogP contribution in [0.4, 0.5) is 11.4 Å². The number of hydrogen-bond donors (Lipinski definition) is 0. The van der Waals surface area contributed by atoms with E-state index >= 15 is 0 Å². The Labute approximate surface area is 160 Å². The average Bonchev–Trinajstić information content (AvgIpc) is 3.08. The zero-order valence-electron chi connectivity index (χ0n) is 13.2. The van der Waals surface area contributed by atoms with Crippen LogP contribution in [0.5, 0.6) is 0 Å². The Morgan fingerprint density at radius 2 is 1.12 bits per heavy atom. The fourth-order valence-electron chi connectivity index (χ4n) is 2.78. The van der Waals surface area contributed by atoms with Crippen LogP contribution in [0.15, 0.2) is 70.6 Å². The monoisotopic (exact) mass is 452 g/mol. The van der Waals surface area contributed by atoms with Gasteiger partial charge in [0.2, 0.25) is 0 Å². The van der Waals surface area contributed by atoms with Crippen LogP contribution in [0.1, 0.15) is 19.3 Å². The molecule has 0 saturated heterocycles. The van der Waals surface area contributed by atoms with Gasteiger partial charge in [0.1, 0.15) is 0 Å². The number of para-hydroxylation sites is 2. The molecule has 0 N–H and O–H groups in total. The second-order valence-electron chi connectivity index (χ2n) is 5.53. The van der Waals surface area contributed by atoms with Gasteiger partial charge in [-0.15, -0.1) is 0 Å². The van der Waals surface area contributed by atoms with E-state index in [1.807, 2.05) is 60.7 Å². The van der Waals surface area contributed by atoms with Gasteiger partial charge >= 0.3 is 35.0 Å². The molecular weight excluding hydrogens is 434 g/mol. The van der Waals surface area contributed by atoms with Crippen LogP contribution in [0.25, 0.3) is 0 Å². The maximum atomic E-state index is 4.81. The first-order chi connectivity index (χ1) is 11.8. The van der Waals surface area contributed by atoms with Crippen molar-refractivity contribution in [1.29, 1.82) is 0 Å². The third-order valence-corrected chi connectivity index (χ3v) is 3.97. The molecule has 0 spiro atoms. The minimum atomic E-state index is -0.106. The number of rotatable bonds is 4. The van der Waals surface area contributed by atoms with Crippen molar-refractivity contribution < 1.29 is 15.9 Å². The van der Waals surface area contributed by atoms with Crippen LogP contribution in [0, 0.1) is 11.8 Å². The maximum absolute atomic E-state index is 4.81. The molecule has 0 aromatic heterocycles. The van der Waals surface area contributed by atoms with Gasteiger partial charge in [0.15, 0.2) is 0 Å². The molecule has 2 nitrogen and oxygen atoms in total. The van der Waals surface area contributed by atoms with E-state index in [9.17, 15) is 0 Å². The number of aliphatic imine (C=N–C) groups is 2. The summed E-state index contributed by atoms with van der Waals surface area (Å²) in [5.41, 5.74) is 2.06. The molecule has 2 atom stereocenters. The summed E-state index contributed by atoms with van der Waals surface area (Å²) < 4.78 is 0. The van der Waals surface area contributed by atoms with Gasteiger partial charge in [-0.2, -0.15) is 0 Å². The first kappa shape index (κ1) is 19.3.